The average molecular weight is 642 g/mol. The summed E-state index contributed by atoms with van der Waals surface area (Å²) >= 11 is 0. The monoisotopic (exact) mass is 641 g/mol. The van der Waals surface area contributed by atoms with E-state index in [9.17, 15) is 23.3 Å². The number of fused-ring (bicyclic) bond motifs is 1. The van der Waals surface area contributed by atoms with Crippen LogP contribution in [0.4, 0.5) is 5.69 Å². The zero-order valence-corrected chi connectivity index (χ0v) is 26.1. The number of nitrogens with zero attached hydrogens (tertiary/aromatic N) is 2. The standard InChI is InChI=1S/C38H31N3O5S/c42-38(39-37(31-12-3-1-4-13-31)32-14-5-2-6-15-32)33-23-19-28(20-24-33)26-40(27-29-21-22-30-11-7-8-16-34(30)25-29)47(45,46)36-18-10-9-17-35(36)41(43)44/h1-25,37H,26-27H2,(H,39,42). The SMILES string of the molecule is O=C(NC(c1ccccc1)c1ccccc1)c1ccc(CN(Cc2ccc3ccccc3c2)S(=O)(=O)c2ccccc2[N+](=O)[O-])cc1. The summed E-state index contributed by atoms with van der Waals surface area (Å²) in [5.41, 5.74) is 3.14. The number of benzene rings is 6. The van der Waals surface area contributed by atoms with E-state index in [0.717, 1.165) is 27.5 Å². The van der Waals surface area contributed by atoms with E-state index in [1.807, 2.05) is 103 Å². The molecule has 0 fully saturated rings. The second kappa shape index (κ2) is 13.8. The lowest BCUT2D eigenvalue weighted by Crippen LogP contribution is -2.31. The first kappa shape index (κ1) is 31.3. The molecule has 0 aliphatic heterocycles. The van der Waals surface area contributed by atoms with Gasteiger partial charge in [-0.2, -0.15) is 4.31 Å². The number of carbonyl (C=O) groups excluding carboxylic acids is 1. The summed E-state index contributed by atoms with van der Waals surface area (Å²) in [6.45, 7) is -0.0863. The van der Waals surface area contributed by atoms with Gasteiger partial charge in [0.25, 0.3) is 21.6 Å². The Morgan fingerprint density at radius 3 is 1.83 bits per heavy atom. The Hall–Kier alpha value is -5.64. The van der Waals surface area contributed by atoms with Crippen molar-refractivity contribution < 1.29 is 18.1 Å². The van der Waals surface area contributed by atoms with Gasteiger partial charge in [0.1, 0.15) is 0 Å². The van der Waals surface area contributed by atoms with Crippen molar-refractivity contribution in [2.45, 2.75) is 24.0 Å². The Kier molecular flexibility index (Phi) is 9.19. The lowest BCUT2D eigenvalue weighted by molar-refractivity contribution is -0.387. The van der Waals surface area contributed by atoms with Gasteiger partial charge in [0.15, 0.2) is 4.90 Å². The van der Waals surface area contributed by atoms with Crippen LogP contribution < -0.4 is 5.32 Å². The molecule has 0 spiro atoms. The molecule has 0 bridgehead atoms. The number of nitrogens with one attached hydrogen (secondary N) is 1. The molecule has 0 saturated carbocycles. The van der Waals surface area contributed by atoms with Gasteiger partial charge in [0.05, 0.1) is 11.0 Å². The zero-order valence-electron chi connectivity index (χ0n) is 25.3. The average Bonchev–Trinajstić information content (AvgIpc) is 3.11. The number of hydrogen-bond donors (Lipinski definition) is 1. The molecule has 0 aromatic heterocycles. The minimum atomic E-state index is -4.32. The number of amides is 1. The molecule has 0 radical (unpaired) electrons. The fraction of sp³-hybridized carbons (Fsp3) is 0.0789. The minimum Gasteiger partial charge on any atom is -0.341 e. The van der Waals surface area contributed by atoms with Gasteiger partial charge in [-0.05, 0) is 57.3 Å². The Bertz CT molecular complexity index is 2100. The minimum absolute atomic E-state index is 0.0166. The van der Waals surface area contributed by atoms with E-state index in [1.165, 1.54) is 28.6 Å². The molecule has 234 valence electrons. The second-order valence-corrected chi connectivity index (χ2v) is 13.0. The molecule has 47 heavy (non-hydrogen) atoms. The number of para-hydroxylation sites is 1. The molecule has 0 unspecified atom stereocenters. The van der Waals surface area contributed by atoms with Crippen molar-refractivity contribution in [3.63, 3.8) is 0 Å². The van der Waals surface area contributed by atoms with Crippen molar-refractivity contribution in [3.8, 4) is 0 Å². The van der Waals surface area contributed by atoms with E-state index in [4.69, 9.17) is 0 Å². The summed E-state index contributed by atoms with van der Waals surface area (Å²) in [4.78, 5) is 24.2. The van der Waals surface area contributed by atoms with Crippen molar-refractivity contribution in [1.29, 1.82) is 0 Å². The molecular formula is C38H31N3O5S. The predicted molar refractivity (Wildman–Crippen MR) is 182 cm³/mol. The first-order valence-electron chi connectivity index (χ1n) is 15.0. The summed E-state index contributed by atoms with van der Waals surface area (Å²) in [6, 6.07) is 44.6. The second-order valence-electron chi connectivity index (χ2n) is 11.1. The molecule has 0 heterocycles. The van der Waals surface area contributed by atoms with Gasteiger partial charge in [-0.25, -0.2) is 8.42 Å². The van der Waals surface area contributed by atoms with Crippen LogP contribution in [0.2, 0.25) is 0 Å². The zero-order chi connectivity index (χ0) is 32.8. The smallest absolute Gasteiger partial charge is 0.289 e. The van der Waals surface area contributed by atoms with Gasteiger partial charge in [-0.3, -0.25) is 14.9 Å². The van der Waals surface area contributed by atoms with Crippen LogP contribution in [0, 0.1) is 10.1 Å². The third kappa shape index (κ3) is 7.12. The third-order valence-corrected chi connectivity index (χ3v) is 9.81. The van der Waals surface area contributed by atoms with Crippen LogP contribution in [0.3, 0.4) is 0 Å². The molecular weight excluding hydrogens is 611 g/mol. The number of rotatable bonds is 11. The molecule has 6 rings (SSSR count). The van der Waals surface area contributed by atoms with E-state index in [2.05, 4.69) is 5.32 Å². The summed E-state index contributed by atoms with van der Waals surface area (Å²) in [6.07, 6.45) is 0. The largest absolute Gasteiger partial charge is 0.341 e. The van der Waals surface area contributed by atoms with Crippen molar-refractivity contribution in [2.75, 3.05) is 0 Å². The van der Waals surface area contributed by atoms with Gasteiger partial charge in [-0.15, -0.1) is 0 Å². The molecule has 8 nitrogen and oxygen atoms in total. The van der Waals surface area contributed by atoms with Crippen LogP contribution in [0.5, 0.6) is 0 Å². The first-order valence-corrected chi connectivity index (χ1v) is 16.4. The lowest BCUT2D eigenvalue weighted by atomic mass is 9.98. The third-order valence-electron chi connectivity index (χ3n) is 7.97. The van der Waals surface area contributed by atoms with Crippen molar-refractivity contribution in [1.82, 2.24) is 9.62 Å². The maximum absolute atomic E-state index is 14.1. The van der Waals surface area contributed by atoms with Crippen LogP contribution >= 0.6 is 0 Å². The van der Waals surface area contributed by atoms with Crippen LogP contribution in [0.15, 0.2) is 157 Å². The first-order chi connectivity index (χ1) is 22.8. The highest BCUT2D eigenvalue weighted by molar-refractivity contribution is 7.89. The molecule has 6 aromatic rings. The Balaban J connectivity index is 1.28. The molecule has 1 amide bonds. The topological polar surface area (TPSA) is 110 Å². The van der Waals surface area contributed by atoms with Gasteiger partial charge in [0, 0.05) is 24.7 Å². The number of nitro groups is 1. The molecule has 0 atom stereocenters. The molecule has 6 aromatic carbocycles. The normalized spacial score (nSPS) is 11.5. The van der Waals surface area contributed by atoms with E-state index in [1.54, 1.807) is 24.3 Å². The van der Waals surface area contributed by atoms with Crippen LogP contribution in [-0.2, 0) is 23.1 Å². The number of hydrogen-bond acceptors (Lipinski definition) is 5. The lowest BCUT2D eigenvalue weighted by Gasteiger charge is -2.23. The number of sulfonamides is 1. The van der Waals surface area contributed by atoms with E-state index in [-0.39, 0.29) is 29.9 Å². The Morgan fingerprint density at radius 2 is 1.19 bits per heavy atom. The summed E-state index contributed by atoms with van der Waals surface area (Å²) in [5.74, 6) is -0.283. The summed E-state index contributed by atoms with van der Waals surface area (Å²) < 4.78 is 29.3. The highest BCUT2D eigenvalue weighted by Crippen LogP contribution is 2.29. The summed E-state index contributed by atoms with van der Waals surface area (Å²) in [5, 5.41) is 16.9. The number of carbonyl (C=O) groups is 1. The fourth-order valence-electron chi connectivity index (χ4n) is 5.56. The number of nitro benzene ring substituents is 1. The van der Waals surface area contributed by atoms with Crippen LogP contribution in [0.25, 0.3) is 10.8 Å². The van der Waals surface area contributed by atoms with Crippen LogP contribution in [-0.4, -0.2) is 23.6 Å². The maximum atomic E-state index is 14.1. The molecule has 9 heteroatoms. The van der Waals surface area contributed by atoms with E-state index in [0.29, 0.717) is 11.1 Å². The van der Waals surface area contributed by atoms with Crippen LogP contribution in [0.1, 0.15) is 38.7 Å². The summed E-state index contributed by atoms with van der Waals surface area (Å²) in [7, 11) is -4.32. The molecule has 0 saturated heterocycles. The van der Waals surface area contributed by atoms with E-state index >= 15 is 0 Å². The van der Waals surface area contributed by atoms with Gasteiger partial charge < -0.3 is 5.32 Å². The van der Waals surface area contributed by atoms with Gasteiger partial charge in [0.2, 0.25) is 0 Å². The van der Waals surface area contributed by atoms with Gasteiger partial charge in [-0.1, -0.05) is 121 Å². The molecule has 0 aliphatic rings. The fourth-order valence-corrected chi connectivity index (χ4v) is 7.14. The Morgan fingerprint density at radius 1 is 0.660 bits per heavy atom. The predicted octanol–water partition coefficient (Wildman–Crippen LogP) is 7.66. The molecule has 0 aliphatic carbocycles. The Labute approximate surface area is 273 Å². The quantitative estimate of drug-likeness (QED) is 0.115. The molecule has 1 N–H and O–H groups in total. The maximum Gasteiger partial charge on any atom is 0.289 e. The highest BCUT2D eigenvalue weighted by atomic mass is 32.2. The van der Waals surface area contributed by atoms with E-state index < -0.39 is 20.6 Å². The van der Waals surface area contributed by atoms with Crippen molar-refractivity contribution in [3.05, 3.63) is 190 Å². The van der Waals surface area contributed by atoms with Crippen molar-refractivity contribution >= 4 is 32.4 Å². The van der Waals surface area contributed by atoms with Crippen molar-refractivity contribution in [2.24, 2.45) is 0 Å². The highest BCUT2D eigenvalue weighted by Gasteiger charge is 2.32. The van der Waals surface area contributed by atoms with Gasteiger partial charge >= 0.3 is 0 Å².